The van der Waals surface area contributed by atoms with Crippen LogP contribution in [0, 0.1) is 5.82 Å². The zero-order chi connectivity index (χ0) is 10.7. The molecule has 0 amide bonds. The molecular formula is C11H9FN2O. The number of anilines is 1. The van der Waals surface area contributed by atoms with Crippen LogP contribution in [0.2, 0.25) is 0 Å². The lowest BCUT2D eigenvalue weighted by atomic mass is 10.3. The second-order valence-electron chi connectivity index (χ2n) is 3.01. The third kappa shape index (κ3) is 2.43. The number of aromatic nitrogens is 1. The Labute approximate surface area is 86.3 Å². The SMILES string of the molecule is Nc1cncc(Oc2ccc(F)cc2)c1. The minimum atomic E-state index is -0.298. The highest BCUT2D eigenvalue weighted by molar-refractivity contribution is 5.41. The summed E-state index contributed by atoms with van der Waals surface area (Å²) in [4.78, 5) is 3.87. The van der Waals surface area contributed by atoms with E-state index in [9.17, 15) is 4.39 Å². The summed E-state index contributed by atoms with van der Waals surface area (Å²) < 4.78 is 18.0. The lowest BCUT2D eigenvalue weighted by molar-refractivity contribution is 0.478. The Balaban J connectivity index is 2.18. The van der Waals surface area contributed by atoms with Gasteiger partial charge in [-0.3, -0.25) is 4.98 Å². The molecule has 76 valence electrons. The molecule has 0 saturated carbocycles. The maximum atomic E-state index is 12.6. The molecule has 0 fully saturated rings. The first-order valence-corrected chi connectivity index (χ1v) is 4.38. The zero-order valence-corrected chi connectivity index (χ0v) is 7.85. The molecule has 15 heavy (non-hydrogen) atoms. The topological polar surface area (TPSA) is 48.1 Å². The van der Waals surface area contributed by atoms with Gasteiger partial charge in [-0.15, -0.1) is 0 Å². The van der Waals surface area contributed by atoms with Gasteiger partial charge in [0.15, 0.2) is 0 Å². The van der Waals surface area contributed by atoms with E-state index in [1.165, 1.54) is 18.3 Å². The van der Waals surface area contributed by atoms with Crippen LogP contribution in [0.3, 0.4) is 0 Å². The van der Waals surface area contributed by atoms with E-state index in [1.807, 2.05) is 0 Å². The van der Waals surface area contributed by atoms with Crippen molar-refractivity contribution in [2.45, 2.75) is 0 Å². The standard InChI is InChI=1S/C11H9FN2O/c12-8-1-3-10(4-2-8)15-11-5-9(13)6-14-7-11/h1-7H,13H2. The highest BCUT2D eigenvalue weighted by Crippen LogP contribution is 2.21. The number of rotatable bonds is 2. The largest absolute Gasteiger partial charge is 0.456 e. The molecule has 0 aliphatic rings. The van der Waals surface area contributed by atoms with Crippen LogP contribution in [0.1, 0.15) is 0 Å². The predicted octanol–water partition coefficient (Wildman–Crippen LogP) is 2.60. The molecular weight excluding hydrogens is 195 g/mol. The van der Waals surface area contributed by atoms with Crippen molar-refractivity contribution in [2.24, 2.45) is 0 Å². The molecule has 1 heterocycles. The Morgan fingerprint density at radius 1 is 1.07 bits per heavy atom. The van der Waals surface area contributed by atoms with E-state index in [1.54, 1.807) is 24.4 Å². The molecule has 0 atom stereocenters. The fourth-order valence-electron chi connectivity index (χ4n) is 1.13. The molecule has 0 unspecified atom stereocenters. The molecule has 3 nitrogen and oxygen atoms in total. The summed E-state index contributed by atoms with van der Waals surface area (Å²) in [6.07, 6.45) is 3.07. The Morgan fingerprint density at radius 2 is 1.80 bits per heavy atom. The van der Waals surface area contributed by atoms with Crippen LogP contribution in [0.25, 0.3) is 0 Å². The van der Waals surface area contributed by atoms with E-state index in [0.29, 0.717) is 17.2 Å². The van der Waals surface area contributed by atoms with Crippen molar-refractivity contribution in [1.29, 1.82) is 0 Å². The van der Waals surface area contributed by atoms with Gasteiger partial charge in [-0.2, -0.15) is 0 Å². The summed E-state index contributed by atoms with van der Waals surface area (Å²) in [5.41, 5.74) is 6.06. The molecule has 0 radical (unpaired) electrons. The van der Waals surface area contributed by atoms with Gasteiger partial charge in [-0.25, -0.2) is 4.39 Å². The average molecular weight is 204 g/mol. The van der Waals surface area contributed by atoms with E-state index >= 15 is 0 Å². The van der Waals surface area contributed by atoms with Crippen LogP contribution in [-0.4, -0.2) is 4.98 Å². The zero-order valence-electron chi connectivity index (χ0n) is 7.85. The second kappa shape index (κ2) is 3.96. The van der Waals surface area contributed by atoms with Gasteiger partial charge in [0.25, 0.3) is 0 Å². The summed E-state index contributed by atoms with van der Waals surface area (Å²) >= 11 is 0. The number of nitrogen functional groups attached to an aromatic ring is 1. The minimum absolute atomic E-state index is 0.298. The van der Waals surface area contributed by atoms with E-state index in [2.05, 4.69) is 4.98 Å². The fourth-order valence-corrected chi connectivity index (χ4v) is 1.13. The van der Waals surface area contributed by atoms with Gasteiger partial charge in [0, 0.05) is 6.07 Å². The van der Waals surface area contributed by atoms with Crippen molar-refractivity contribution in [1.82, 2.24) is 4.98 Å². The molecule has 2 aromatic rings. The van der Waals surface area contributed by atoms with Crippen molar-refractivity contribution in [2.75, 3.05) is 5.73 Å². The summed E-state index contributed by atoms with van der Waals surface area (Å²) in [5, 5.41) is 0. The maximum Gasteiger partial charge on any atom is 0.147 e. The van der Waals surface area contributed by atoms with Gasteiger partial charge in [0.2, 0.25) is 0 Å². The number of hydrogen-bond acceptors (Lipinski definition) is 3. The van der Waals surface area contributed by atoms with Crippen LogP contribution in [0.4, 0.5) is 10.1 Å². The third-order valence-electron chi connectivity index (χ3n) is 1.78. The van der Waals surface area contributed by atoms with Gasteiger partial charge in [0.05, 0.1) is 18.1 Å². The lowest BCUT2D eigenvalue weighted by Crippen LogP contribution is -1.89. The highest BCUT2D eigenvalue weighted by atomic mass is 19.1. The molecule has 2 rings (SSSR count). The minimum Gasteiger partial charge on any atom is -0.456 e. The van der Waals surface area contributed by atoms with E-state index in [-0.39, 0.29) is 5.82 Å². The molecule has 0 saturated heterocycles. The molecule has 0 aliphatic heterocycles. The van der Waals surface area contributed by atoms with E-state index < -0.39 is 0 Å². The molecule has 0 aliphatic carbocycles. The summed E-state index contributed by atoms with van der Waals surface area (Å²) in [6.45, 7) is 0. The van der Waals surface area contributed by atoms with Gasteiger partial charge in [-0.05, 0) is 24.3 Å². The van der Waals surface area contributed by atoms with Crippen LogP contribution in [0.5, 0.6) is 11.5 Å². The van der Waals surface area contributed by atoms with Crippen LogP contribution in [0.15, 0.2) is 42.7 Å². The quantitative estimate of drug-likeness (QED) is 0.817. The lowest BCUT2D eigenvalue weighted by Gasteiger charge is -2.04. The first-order valence-electron chi connectivity index (χ1n) is 4.38. The van der Waals surface area contributed by atoms with Gasteiger partial charge in [0.1, 0.15) is 17.3 Å². The Morgan fingerprint density at radius 3 is 2.47 bits per heavy atom. The van der Waals surface area contributed by atoms with Crippen LogP contribution >= 0.6 is 0 Å². The molecule has 1 aromatic heterocycles. The number of nitrogens with zero attached hydrogens (tertiary/aromatic N) is 1. The molecule has 0 spiro atoms. The van der Waals surface area contributed by atoms with Crippen molar-refractivity contribution in [3.05, 3.63) is 48.5 Å². The number of nitrogens with two attached hydrogens (primary N) is 1. The predicted molar refractivity (Wildman–Crippen MR) is 55.1 cm³/mol. The summed E-state index contributed by atoms with van der Waals surface area (Å²) in [5.74, 6) is 0.776. The Bertz CT molecular complexity index is 456. The van der Waals surface area contributed by atoms with Gasteiger partial charge in [-0.1, -0.05) is 0 Å². The summed E-state index contributed by atoms with van der Waals surface area (Å²) in [7, 11) is 0. The third-order valence-corrected chi connectivity index (χ3v) is 1.78. The fraction of sp³-hybridized carbons (Fsp3) is 0. The number of ether oxygens (including phenoxy) is 1. The van der Waals surface area contributed by atoms with E-state index in [4.69, 9.17) is 10.5 Å². The first kappa shape index (κ1) is 9.45. The molecule has 0 bridgehead atoms. The Hall–Kier alpha value is -2.10. The molecule has 2 N–H and O–H groups in total. The number of benzene rings is 1. The van der Waals surface area contributed by atoms with Gasteiger partial charge < -0.3 is 10.5 Å². The summed E-state index contributed by atoms with van der Waals surface area (Å²) in [6, 6.07) is 7.39. The van der Waals surface area contributed by atoms with Crippen LogP contribution < -0.4 is 10.5 Å². The van der Waals surface area contributed by atoms with E-state index in [0.717, 1.165) is 0 Å². The number of hydrogen-bond donors (Lipinski definition) is 1. The van der Waals surface area contributed by atoms with Crippen molar-refractivity contribution in [3.63, 3.8) is 0 Å². The smallest absolute Gasteiger partial charge is 0.147 e. The monoisotopic (exact) mass is 204 g/mol. The number of pyridine rings is 1. The van der Waals surface area contributed by atoms with Crippen LogP contribution in [-0.2, 0) is 0 Å². The molecule has 4 heteroatoms. The normalized spacial score (nSPS) is 9.93. The van der Waals surface area contributed by atoms with Crippen molar-refractivity contribution >= 4 is 5.69 Å². The first-order chi connectivity index (χ1) is 7.24. The second-order valence-corrected chi connectivity index (χ2v) is 3.01. The van der Waals surface area contributed by atoms with Crippen molar-refractivity contribution < 1.29 is 9.13 Å². The van der Waals surface area contributed by atoms with Crippen molar-refractivity contribution in [3.8, 4) is 11.5 Å². The van der Waals surface area contributed by atoms with Gasteiger partial charge >= 0.3 is 0 Å². The number of halogens is 1. The maximum absolute atomic E-state index is 12.6. The highest BCUT2D eigenvalue weighted by Gasteiger charge is 1.98. The Kier molecular flexibility index (Phi) is 2.49. The molecule has 1 aromatic carbocycles. The average Bonchev–Trinajstić information content (AvgIpc) is 2.22.